The van der Waals surface area contributed by atoms with E-state index in [0.29, 0.717) is 11.3 Å². The van der Waals surface area contributed by atoms with Crippen molar-refractivity contribution in [3.63, 3.8) is 0 Å². The molecule has 2 heterocycles. The number of carbonyl (C=O) groups excluding carboxylic acids is 1. The number of hydrogen-bond donors (Lipinski definition) is 0. The molecule has 2 aromatic rings. The van der Waals surface area contributed by atoms with Gasteiger partial charge in [-0.1, -0.05) is 12.1 Å². The van der Waals surface area contributed by atoms with Crippen molar-refractivity contribution in [2.75, 3.05) is 13.1 Å². The quantitative estimate of drug-likeness (QED) is 0.642. The Labute approximate surface area is 127 Å². The van der Waals surface area contributed by atoms with Gasteiger partial charge < -0.3 is 9.32 Å². The minimum absolute atomic E-state index is 0.00203. The number of nitro benzene ring substituents is 1. The van der Waals surface area contributed by atoms with Crippen LogP contribution in [-0.2, 0) is 0 Å². The second-order valence-electron chi connectivity index (χ2n) is 5.32. The number of benzene rings is 1. The molecule has 0 unspecified atom stereocenters. The molecule has 22 heavy (non-hydrogen) atoms. The zero-order valence-electron chi connectivity index (χ0n) is 12.0. The van der Waals surface area contributed by atoms with Crippen molar-refractivity contribution in [2.45, 2.75) is 19.3 Å². The first-order valence-corrected chi connectivity index (χ1v) is 7.29. The van der Waals surface area contributed by atoms with Gasteiger partial charge in [0.25, 0.3) is 11.6 Å². The van der Waals surface area contributed by atoms with Gasteiger partial charge in [0.15, 0.2) is 5.76 Å². The molecule has 0 bridgehead atoms. The van der Waals surface area contributed by atoms with Crippen LogP contribution in [0.4, 0.5) is 5.69 Å². The molecule has 1 aromatic carbocycles. The third-order valence-electron chi connectivity index (χ3n) is 3.80. The molecule has 0 aliphatic carbocycles. The predicted octanol–water partition coefficient (Wildman–Crippen LogP) is 3.48. The van der Waals surface area contributed by atoms with Crippen LogP contribution in [0.3, 0.4) is 0 Å². The largest absolute Gasteiger partial charge is 0.451 e. The zero-order valence-corrected chi connectivity index (χ0v) is 12.0. The van der Waals surface area contributed by atoms with E-state index in [9.17, 15) is 14.9 Å². The van der Waals surface area contributed by atoms with Gasteiger partial charge in [-0.25, -0.2) is 0 Å². The van der Waals surface area contributed by atoms with E-state index in [1.54, 1.807) is 29.2 Å². The summed E-state index contributed by atoms with van der Waals surface area (Å²) in [5.74, 6) is 0.629. The summed E-state index contributed by atoms with van der Waals surface area (Å²) >= 11 is 0. The molecule has 6 heteroatoms. The van der Waals surface area contributed by atoms with Crippen LogP contribution in [0, 0.1) is 10.1 Å². The summed E-state index contributed by atoms with van der Waals surface area (Å²) in [6, 6.07) is 9.49. The maximum atomic E-state index is 12.3. The predicted molar refractivity (Wildman–Crippen MR) is 80.6 cm³/mol. The molecule has 1 fully saturated rings. The number of likely N-dealkylation sites (tertiary alicyclic amines) is 1. The highest BCUT2D eigenvalue weighted by molar-refractivity contribution is 5.92. The number of amides is 1. The second kappa shape index (κ2) is 6.01. The molecule has 6 nitrogen and oxygen atoms in total. The van der Waals surface area contributed by atoms with Crippen LogP contribution in [-0.4, -0.2) is 28.8 Å². The first-order valence-electron chi connectivity index (χ1n) is 7.29. The number of nitro groups is 1. The van der Waals surface area contributed by atoms with Gasteiger partial charge in [-0.05, 0) is 31.4 Å². The monoisotopic (exact) mass is 300 g/mol. The lowest BCUT2D eigenvalue weighted by Crippen LogP contribution is -2.35. The van der Waals surface area contributed by atoms with Gasteiger partial charge in [0.2, 0.25) is 0 Å². The molecule has 1 saturated heterocycles. The Bertz CT molecular complexity index is 702. The summed E-state index contributed by atoms with van der Waals surface area (Å²) in [6.45, 7) is 1.51. The Kier molecular flexibility index (Phi) is 3.91. The Morgan fingerprint density at radius 2 is 1.91 bits per heavy atom. The van der Waals surface area contributed by atoms with Crippen LogP contribution in [0.5, 0.6) is 0 Å². The molecular formula is C16H16N2O4. The van der Waals surface area contributed by atoms with Crippen LogP contribution in [0.1, 0.15) is 29.8 Å². The highest BCUT2D eigenvalue weighted by Crippen LogP contribution is 2.26. The van der Waals surface area contributed by atoms with Gasteiger partial charge in [-0.15, -0.1) is 0 Å². The standard InChI is InChI=1S/C16H16N2O4/c19-16(17-9-2-1-3-10-17)15-8-7-14(22-15)12-5-4-6-13(11-12)18(20)21/h4-8,11H,1-3,9-10H2. The van der Waals surface area contributed by atoms with Gasteiger partial charge in [-0.3, -0.25) is 14.9 Å². The van der Waals surface area contributed by atoms with Crippen molar-refractivity contribution < 1.29 is 14.1 Å². The fraction of sp³-hybridized carbons (Fsp3) is 0.312. The van der Waals surface area contributed by atoms with Gasteiger partial charge in [0.05, 0.1) is 4.92 Å². The van der Waals surface area contributed by atoms with E-state index in [1.165, 1.54) is 12.1 Å². The molecule has 114 valence electrons. The van der Waals surface area contributed by atoms with Crippen LogP contribution in [0.2, 0.25) is 0 Å². The summed E-state index contributed by atoms with van der Waals surface area (Å²) < 4.78 is 5.61. The summed E-state index contributed by atoms with van der Waals surface area (Å²) in [5, 5.41) is 10.8. The first kappa shape index (κ1) is 14.3. The number of carbonyl (C=O) groups is 1. The molecule has 0 radical (unpaired) electrons. The van der Waals surface area contributed by atoms with E-state index in [4.69, 9.17) is 4.42 Å². The van der Waals surface area contributed by atoms with E-state index < -0.39 is 4.92 Å². The SMILES string of the molecule is O=C(c1ccc(-c2cccc([N+](=O)[O-])c2)o1)N1CCCCC1. The van der Waals surface area contributed by atoms with Crippen LogP contribution in [0.25, 0.3) is 11.3 Å². The third kappa shape index (κ3) is 2.86. The smallest absolute Gasteiger partial charge is 0.289 e. The minimum atomic E-state index is -0.452. The summed E-state index contributed by atoms with van der Waals surface area (Å²) in [4.78, 5) is 24.5. The van der Waals surface area contributed by atoms with Crippen molar-refractivity contribution >= 4 is 11.6 Å². The lowest BCUT2D eigenvalue weighted by Gasteiger charge is -2.25. The maximum absolute atomic E-state index is 12.3. The molecule has 0 atom stereocenters. The van der Waals surface area contributed by atoms with Crippen molar-refractivity contribution in [1.82, 2.24) is 4.90 Å². The van der Waals surface area contributed by atoms with E-state index in [0.717, 1.165) is 32.4 Å². The fourth-order valence-electron chi connectivity index (χ4n) is 2.63. The Morgan fingerprint density at radius 1 is 1.14 bits per heavy atom. The molecular weight excluding hydrogens is 284 g/mol. The first-order chi connectivity index (χ1) is 10.6. The average molecular weight is 300 g/mol. The second-order valence-corrected chi connectivity index (χ2v) is 5.32. The molecule has 0 saturated carbocycles. The van der Waals surface area contributed by atoms with Crippen molar-refractivity contribution in [3.05, 3.63) is 52.3 Å². The highest BCUT2D eigenvalue weighted by atomic mass is 16.6. The molecule has 1 aromatic heterocycles. The molecule has 1 amide bonds. The van der Waals surface area contributed by atoms with Crippen LogP contribution < -0.4 is 0 Å². The lowest BCUT2D eigenvalue weighted by molar-refractivity contribution is -0.384. The average Bonchev–Trinajstić information content (AvgIpc) is 3.05. The van der Waals surface area contributed by atoms with E-state index in [1.807, 2.05) is 0 Å². The summed E-state index contributed by atoms with van der Waals surface area (Å²) in [7, 11) is 0. The maximum Gasteiger partial charge on any atom is 0.289 e. The summed E-state index contributed by atoms with van der Waals surface area (Å²) in [5.41, 5.74) is 0.588. The van der Waals surface area contributed by atoms with Crippen molar-refractivity contribution in [3.8, 4) is 11.3 Å². The van der Waals surface area contributed by atoms with Crippen molar-refractivity contribution in [1.29, 1.82) is 0 Å². The number of hydrogen-bond acceptors (Lipinski definition) is 4. The molecule has 3 rings (SSSR count). The molecule has 1 aliphatic heterocycles. The molecule has 0 N–H and O–H groups in total. The van der Waals surface area contributed by atoms with Gasteiger partial charge in [0.1, 0.15) is 5.76 Å². The van der Waals surface area contributed by atoms with E-state index in [2.05, 4.69) is 0 Å². The highest BCUT2D eigenvalue weighted by Gasteiger charge is 2.21. The Hall–Kier alpha value is -2.63. The summed E-state index contributed by atoms with van der Waals surface area (Å²) in [6.07, 6.45) is 3.19. The fourth-order valence-corrected chi connectivity index (χ4v) is 2.63. The normalized spacial score (nSPS) is 14.8. The van der Waals surface area contributed by atoms with E-state index >= 15 is 0 Å². The zero-order chi connectivity index (χ0) is 15.5. The van der Waals surface area contributed by atoms with Gasteiger partial charge >= 0.3 is 0 Å². The van der Waals surface area contributed by atoms with Crippen LogP contribution in [0.15, 0.2) is 40.8 Å². The Balaban J connectivity index is 1.82. The number of nitrogens with zero attached hydrogens (tertiary/aromatic N) is 2. The number of non-ortho nitro benzene ring substituents is 1. The minimum Gasteiger partial charge on any atom is -0.451 e. The van der Waals surface area contributed by atoms with E-state index in [-0.39, 0.29) is 17.4 Å². The number of furan rings is 1. The van der Waals surface area contributed by atoms with Gasteiger partial charge in [-0.2, -0.15) is 0 Å². The van der Waals surface area contributed by atoms with Gasteiger partial charge in [0, 0.05) is 30.8 Å². The topological polar surface area (TPSA) is 76.6 Å². The number of piperidine rings is 1. The molecule has 1 aliphatic rings. The lowest BCUT2D eigenvalue weighted by atomic mass is 10.1. The van der Waals surface area contributed by atoms with Crippen molar-refractivity contribution in [2.24, 2.45) is 0 Å². The Morgan fingerprint density at radius 3 is 2.64 bits per heavy atom. The number of rotatable bonds is 3. The molecule has 0 spiro atoms. The third-order valence-corrected chi connectivity index (χ3v) is 3.80. The van der Waals surface area contributed by atoms with Crippen LogP contribution >= 0.6 is 0 Å².